The molecule has 0 heterocycles. The number of halogens is 1. The lowest BCUT2D eigenvalue weighted by atomic mass is 10.1. The zero-order valence-electron chi connectivity index (χ0n) is 12.7. The Bertz CT molecular complexity index is 864. The van der Waals surface area contributed by atoms with E-state index in [1.165, 1.54) is 0 Å². The molecular formula is C16H17FN2O3S. The van der Waals surface area contributed by atoms with Gasteiger partial charge in [0.1, 0.15) is 11.6 Å². The van der Waals surface area contributed by atoms with Crippen LogP contribution in [-0.2, 0) is 10.0 Å². The number of hydrazine groups is 1. The van der Waals surface area contributed by atoms with Crippen molar-refractivity contribution < 1.29 is 17.9 Å². The summed E-state index contributed by atoms with van der Waals surface area (Å²) in [6, 6.07) is 8.37. The Labute approximate surface area is 134 Å². The maximum absolute atomic E-state index is 13.2. The highest BCUT2D eigenvalue weighted by atomic mass is 32.2. The monoisotopic (exact) mass is 336 g/mol. The molecular weight excluding hydrogens is 319 g/mol. The molecule has 0 radical (unpaired) electrons. The highest BCUT2D eigenvalue weighted by Gasteiger charge is 2.17. The molecule has 3 N–H and O–H groups in total. The van der Waals surface area contributed by atoms with Crippen molar-refractivity contribution in [3.05, 3.63) is 65.5 Å². The maximum atomic E-state index is 13.2. The summed E-state index contributed by atoms with van der Waals surface area (Å²) in [6.07, 6.45) is 0. The number of aromatic hydroxyl groups is 1. The van der Waals surface area contributed by atoms with Crippen molar-refractivity contribution >= 4 is 15.7 Å². The van der Waals surface area contributed by atoms with Gasteiger partial charge in [0.05, 0.1) is 10.6 Å². The van der Waals surface area contributed by atoms with Crippen LogP contribution in [0.3, 0.4) is 0 Å². The summed E-state index contributed by atoms with van der Waals surface area (Å²) in [6.45, 7) is 7.07. The fraction of sp³-hybridized carbons (Fsp3) is 0.125. The Morgan fingerprint density at radius 3 is 2.57 bits per heavy atom. The van der Waals surface area contributed by atoms with Gasteiger partial charge in [-0.3, -0.25) is 0 Å². The van der Waals surface area contributed by atoms with E-state index in [0.29, 0.717) is 5.56 Å². The molecule has 7 heteroatoms. The minimum Gasteiger partial charge on any atom is -0.507 e. The van der Waals surface area contributed by atoms with Crippen molar-refractivity contribution in [2.45, 2.75) is 18.7 Å². The van der Waals surface area contributed by atoms with Gasteiger partial charge in [-0.05, 0) is 49.2 Å². The van der Waals surface area contributed by atoms with Gasteiger partial charge in [0.25, 0.3) is 10.0 Å². The summed E-state index contributed by atoms with van der Waals surface area (Å²) in [5, 5.41) is 9.69. The molecule has 0 spiro atoms. The first kappa shape index (κ1) is 17.0. The standard InChI is InChI=1S/C16H17FN2O3S/c1-10-4-5-11(2)16(8-10)23(21,22)19-18-12(3)14-9-13(17)6-7-15(14)20/h4-9,18-20H,3H2,1-2H3. The first-order valence-corrected chi connectivity index (χ1v) is 8.22. The summed E-state index contributed by atoms with van der Waals surface area (Å²) in [7, 11) is -3.84. The van der Waals surface area contributed by atoms with E-state index < -0.39 is 15.8 Å². The molecule has 0 aliphatic rings. The topological polar surface area (TPSA) is 78.4 Å². The lowest BCUT2D eigenvalue weighted by Crippen LogP contribution is -2.36. The molecule has 0 aliphatic heterocycles. The summed E-state index contributed by atoms with van der Waals surface area (Å²) >= 11 is 0. The molecule has 0 aromatic heterocycles. The SMILES string of the molecule is C=C(NNS(=O)(=O)c1cc(C)ccc1C)c1cc(F)ccc1O. The van der Waals surface area contributed by atoms with E-state index in [9.17, 15) is 17.9 Å². The molecule has 0 atom stereocenters. The molecule has 23 heavy (non-hydrogen) atoms. The highest BCUT2D eigenvalue weighted by Crippen LogP contribution is 2.23. The molecule has 0 bridgehead atoms. The van der Waals surface area contributed by atoms with Gasteiger partial charge < -0.3 is 10.5 Å². The summed E-state index contributed by atoms with van der Waals surface area (Å²) in [5.41, 5.74) is 3.87. The fourth-order valence-corrected chi connectivity index (χ4v) is 3.20. The van der Waals surface area contributed by atoms with Crippen LogP contribution in [0.5, 0.6) is 5.75 Å². The van der Waals surface area contributed by atoms with Crippen molar-refractivity contribution in [1.82, 2.24) is 10.3 Å². The predicted octanol–water partition coefficient (Wildman–Crippen LogP) is 2.60. The van der Waals surface area contributed by atoms with Crippen molar-refractivity contribution in [2.24, 2.45) is 0 Å². The molecule has 0 saturated heterocycles. The molecule has 122 valence electrons. The second-order valence-corrected chi connectivity index (χ2v) is 6.79. The van der Waals surface area contributed by atoms with Crippen molar-refractivity contribution in [3.8, 4) is 5.75 Å². The van der Waals surface area contributed by atoms with Crippen molar-refractivity contribution in [3.63, 3.8) is 0 Å². The number of sulfonamides is 1. The number of rotatable bonds is 5. The van der Waals surface area contributed by atoms with Crippen LogP contribution >= 0.6 is 0 Å². The van der Waals surface area contributed by atoms with Crippen LogP contribution in [0.2, 0.25) is 0 Å². The Morgan fingerprint density at radius 2 is 1.87 bits per heavy atom. The third-order valence-electron chi connectivity index (χ3n) is 3.25. The summed E-state index contributed by atoms with van der Waals surface area (Å²) in [4.78, 5) is 2.30. The van der Waals surface area contributed by atoms with Crippen LogP contribution in [0.1, 0.15) is 16.7 Å². The predicted molar refractivity (Wildman–Crippen MR) is 86.5 cm³/mol. The fourth-order valence-electron chi connectivity index (χ4n) is 2.00. The Balaban J connectivity index is 2.20. The molecule has 0 amide bonds. The molecule has 0 aliphatic carbocycles. The smallest absolute Gasteiger partial charge is 0.257 e. The zero-order chi connectivity index (χ0) is 17.2. The molecule has 0 fully saturated rings. The third kappa shape index (κ3) is 3.88. The Morgan fingerprint density at radius 1 is 1.17 bits per heavy atom. The third-order valence-corrected chi connectivity index (χ3v) is 4.64. The van der Waals surface area contributed by atoms with E-state index in [0.717, 1.165) is 23.8 Å². The normalized spacial score (nSPS) is 11.3. The number of phenolic OH excluding ortho intramolecular Hbond substituents is 1. The van der Waals surface area contributed by atoms with Crippen LogP contribution in [-0.4, -0.2) is 13.5 Å². The average molecular weight is 336 g/mol. The van der Waals surface area contributed by atoms with Gasteiger partial charge in [0.15, 0.2) is 0 Å². The molecule has 0 unspecified atom stereocenters. The van der Waals surface area contributed by atoms with E-state index >= 15 is 0 Å². The van der Waals surface area contributed by atoms with Gasteiger partial charge in [0.2, 0.25) is 0 Å². The second-order valence-electron chi connectivity index (χ2n) is 5.14. The lowest BCUT2D eigenvalue weighted by Gasteiger charge is -2.14. The van der Waals surface area contributed by atoms with Gasteiger partial charge in [-0.15, -0.1) is 4.83 Å². The average Bonchev–Trinajstić information content (AvgIpc) is 2.49. The Kier molecular flexibility index (Phi) is 4.72. The highest BCUT2D eigenvalue weighted by molar-refractivity contribution is 7.89. The number of benzene rings is 2. The van der Waals surface area contributed by atoms with E-state index in [1.54, 1.807) is 26.0 Å². The van der Waals surface area contributed by atoms with Crippen molar-refractivity contribution in [2.75, 3.05) is 0 Å². The van der Waals surface area contributed by atoms with Crippen LogP contribution in [0.25, 0.3) is 5.70 Å². The number of hydrogen-bond acceptors (Lipinski definition) is 4. The van der Waals surface area contributed by atoms with E-state index in [1.807, 2.05) is 6.07 Å². The number of phenols is 1. The largest absolute Gasteiger partial charge is 0.507 e. The number of aryl methyl sites for hydroxylation is 2. The number of hydrogen-bond donors (Lipinski definition) is 3. The first-order chi connectivity index (χ1) is 10.7. The van der Waals surface area contributed by atoms with E-state index in [2.05, 4.69) is 16.8 Å². The van der Waals surface area contributed by atoms with Crippen LogP contribution < -0.4 is 10.3 Å². The van der Waals surface area contributed by atoms with Crippen LogP contribution in [0.15, 0.2) is 47.9 Å². The minimum atomic E-state index is -3.84. The summed E-state index contributed by atoms with van der Waals surface area (Å²) in [5.74, 6) is -0.784. The summed E-state index contributed by atoms with van der Waals surface area (Å²) < 4.78 is 37.9. The van der Waals surface area contributed by atoms with Crippen LogP contribution in [0, 0.1) is 19.7 Å². The minimum absolute atomic E-state index is 0.0240. The second kappa shape index (κ2) is 6.39. The lowest BCUT2D eigenvalue weighted by molar-refractivity contribution is 0.470. The van der Waals surface area contributed by atoms with Gasteiger partial charge in [-0.2, -0.15) is 0 Å². The van der Waals surface area contributed by atoms with E-state index in [4.69, 9.17) is 0 Å². The zero-order valence-corrected chi connectivity index (χ0v) is 13.5. The van der Waals surface area contributed by atoms with Gasteiger partial charge >= 0.3 is 0 Å². The number of nitrogens with one attached hydrogen (secondary N) is 2. The molecule has 2 rings (SSSR count). The van der Waals surface area contributed by atoms with E-state index in [-0.39, 0.29) is 21.9 Å². The molecule has 2 aromatic carbocycles. The first-order valence-electron chi connectivity index (χ1n) is 6.73. The molecule has 5 nitrogen and oxygen atoms in total. The quantitative estimate of drug-likeness (QED) is 0.734. The van der Waals surface area contributed by atoms with Crippen molar-refractivity contribution in [1.29, 1.82) is 0 Å². The Hall–Kier alpha value is -2.38. The van der Waals surface area contributed by atoms with Gasteiger partial charge in [-0.1, -0.05) is 18.7 Å². The van der Waals surface area contributed by atoms with Gasteiger partial charge in [-0.25, -0.2) is 12.8 Å². The molecule has 2 aromatic rings. The van der Waals surface area contributed by atoms with Crippen LogP contribution in [0.4, 0.5) is 4.39 Å². The van der Waals surface area contributed by atoms with Gasteiger partial charge in [0, 0.05) is 5.56 Å². The maximum Gasteiger partial charge on any atom is 0.257 e. The molecule has 0 saturated carbocycles.